The lowest BCUT2D eigenvalue weighted by atomic mass is 9.92. The van der Waals surface area contributed by atoms with E-state index in [1.165, 1.54) is 25.7 Å². The molecule has 4 N–H and O–H groups in total. The van der Waals surface area contributed by atoms with Gasteiger partial charge >= 0.3 is 0 Å². The Balaban J connectivity index is 0.00000162. The van der Waals surface area contributed by atoms with Crippen molar-refractivity contribution in [1.82, 2.24) is 19.5 Å². The lowest BCUT2D eigenvalue weighted by Gasteiger charge is -2.27. The van der Waals surface area contributed by atoms with Crippen LogP contribution in [0.2, 0.25) is 10.0 Å². The van der Waals surface area contributed by atoms with Crippen LogP contribution in [-0.4, -0.2) is 31.6 Å². The Hall–Kier alpha value is -1.51. The maximum atomic E-state index is 6.38. The molecule has 3 aromatic rings. The average molecular weight is 547 g/mol. The van der Waals surface area contributed by atoms with Crippen LogP contribution in [0.4, 0.5) is 11.8 Å². The molecule has 2 heterocycles. The number of hydrogen-bond acceptors (Lipinski definition) is 6. The molecule has 1 aromatic carbocycles. The summed E-state index contributed by atoms with van der Waals surface area (Å²) in [6.45, 7) is 0.524. The first kappa shape index (κ1) is 27.1. The van der Waals surface area contributed by atoms with Crippen molar-refractivity contribution in [2.45, 2.75) is 76.0 Å². The highest BCUT2D eigenvalue weighted by Gasteiger charge is 2.24. The van der Waals surface area contributed by atoms with Crippen LogP contribution in [0.5, 0.6) is 0 Å². The number of benzene rings is 1. The van der Waals surface area contributed by atoms with Crippen LogP contribution in [0.15, 0.2) is 24.5 Å². The maximum absolute atomic E-state index is 6.38. The van der Waals surface area contributed by atoms with Gasteiger partial charge in [0.05, 0.1) is 6.33 Å². The quantitative estimate of drug-likeness (QED) is 0.332. The SMILES string of the molecule is Cl.Cl.NC1CCC(Nc2nc(NCc3ccc(Cl)cc3Cl)c3ncn(C4CCCC4)c3n2)CC1. The molecule has 7 nitrogen and oxygen atoms in total. The molecule has 5 rings (SSSR count). The highest BCUT2D eigenvalue weighted by atomic mass is 35.5. The van der Waals surface area contributed by atoms with E-state index in [9.17, 15) is 0 Å². The van der Waals surface area contributed by atoms with E-state index in [2.05, 4.69) is 20.2 Å². The van der Waals surface area contributed by atoms with Gasteiger partial charge in [0.15, 0.2) is 17.0 Å². The van der Waals surface area contributed by atoms with Gasteiger partial charge in [-0.25, -0.2) is 4.98 Å². The molecule has 186 valence electrons. The summed E-state index contributed by atoms with van der Waals surface area (Å²) in [6, 6.07) is 6.63. The third kappa shape index (κ3) is 6.00. The Bertz CT molecular complexity index is 1090. The summed E-state index contributed by atoms with van der Waals surface area (Å²) in [7, 11) is 0. The first-order chi connectivity index (χ1) is 15.6. The highest BCUT2D eigenvalue weighted by Crippen LogP contribution is 2.33. The van der Waals surface area contributed by atoms with E-state index < -0.39 is 0 Å². The van der Waals surface area contributed by atoms with Crippen molar-refractivity contribution in [1.29, 1.82) is 0 Å². The number of halogens is 4. The van der Waals surface area contributed by atoms with Crippen LogP contribution in [0.25, 0.3) is 11.2 Å². The van der Waals surface area contributed by atoms with Gasteiger partial charge < -0.3 is 20.9 Å². The minimum atomic E-state index is 0. The van der Waals surface area contributed by atoms with Gasteiger partial charge in [-0.15, -0.1) is 24.8 Å². The van der Waals surface area contributed by atoms with E-state index in [0.29, 0.717) is 46.5 Å². The number of aromatic nitrogens is 4. The fourth-order valence-corrected chi connectivity index (χ4v) is 5.32. The van der Waals surface area contributed by atoms with Gasteiger partial charge in [-0.1, -0.05) is 42.1 Å². The van der Waals surface area contributed by atoms with Crippen molar-refractivity contribution in [3.05, 3.63) is 40.1 Å². The van der Waals surface area contributed by atoms with Crippen molar-refractivity contribution in [2.75, 3.05) is 10.6 Å². The summed E-state index contributed by atoms with van der Waals surface area (Å²) in [5, 5.41) is 8.25. The van der Waals surface area contributed by atoms with Crippen molar-refractivity contribution in [3.8, 4) is 0 Å². The molecule has 2 fully saturated rings. The summed E-state index contributed by atoms with van der Waals surface area (Å²) in [4.78, 5) is 14.4. The number of nitrogens with zero attached hydrogens (tertiary/aromatic N) is 4. The van der Waals surface area contributed by atoms with Crippen molar-refractivity contribution >= 4 is 70.9 Å². The van der Waals surface area contributed by atoms with Crippen molar-refractivity contribution < 1.29 is 0 Å². The second-order valence-electron chi connectivity index (χ2n) is 9.00. The van der Waals surface area contributed by atoms with Crippen LogP contribution >= 0.6 is 48.0 Å². The van der Waals surface area contributed by atoms with Crippen LogP contribution in [-0.2, 0) is 6.54 Å². The molecule has 0 bridgehead atoms. The van der Waals surface area contributed by atoms with Gasteiger partial charge in [0.1, 0.15) is 0 Å². The number of anilines is 2. The van der Waals surface area contributed by atoms with E-state index >= 15 is 0 Å². The molecule has 2 aliphatic carbocycles. The minimum absolute atomic E-state index is 0. The second-order valence-corrected chi connectivity index (χ2v) is 9.85. The molecular formula is C23H31Cl4N7. The monoisotopic (exact) mass is 545 g/mol. The second kappa shape index (κ2) is 12.0. The number of imidazole rings is 1. The van der Waals surface area contributed by atoms with E-state index in [1.807, 2.05) is 18.5 Å². The molecule has 0 amide bonds. The minimum Gasteiger partial charge on any atom is -0.364 e. The first-order valence-electron chi connectivity index (χ1n) is 11.5. The van der Waals surface area contributed by atoms with Gasteiger partial charge in [-0.2, -0.15) is 9.97 Å². The molecule has 2 saturated carbocycles. The van der Waals surface area contributed by atoms with Gasteiger partial charge in [-0.3, -0.25) is 0 Å². The zero-order valence-electron chi connectivity index (χ0n) is 18.8. The van der Waals surface area contributed by atoms with Gasteiger partial charge in [0.2, 0.25) is 5.95 Å². The normalized spacial score (nSPS) is 20.6. The largest absolute Gasteiger partial charge is 0.364 e. The van der Waals surface area contributed by atoms with Gasteiger partial charge in [0.25, 0.3) is 0 Å². The molecule has 0 atom stereocenters. The van der Waals surface area contributed by atoms with E-state index in [0.717, 1.165) is 42.4 Å². The molecule has 34 heavy (non-hydrogen) atoms. The maximum Gasteiger partial charge on any atom is 0.227 e. The molecular weight excluding hydrogens is 516 g/mol. The number of nitrogens with two attached hydrogens (primary N) is 1. The number of fused-ring (bicyclic) bond motifs is 1. The Morgan fingerprint density at radius 1 is 1.00 bits per heavy atom. The molecule has 0 spiro atoms. The van der Waals surface area contributed by atoms with Gasteiger partial charge in [0, 0.05) is 34.7 Å². The highest BCUT2D eigenvalue weighted by molar-refractivity contribution is 6.35. The fraction of sp³-hybridized carbons (Fsp3) is 0.522. The molecule has 0 aliphatic heterocycles. The van der Waals surface area contributed by atoms with Crippen molar-refractivity contribution in [2.24, 2.45) is 5.73 Å². The number of rotatable bonds is 6. The van der Waals surface area contributed by atoms with E-state index in [-0.39, 0.29) is 24.8 Å². The zero-order chi connectivity index (χ0) is 22.1. The zero-order valence-corrected chi connectivity index (χ0v) is 22.0. The van der Waals surface area contributed by atoms with Crippen LogP contribution < -0.4 is 16.4 Å². The van der Waals surface area contributed by atoms with Crippen LogP contribution in [0.3, 0.4) is 0 Å². The summed E-state index contributed by atoms with van der Waals surface area (Å²) >= 11 is 12.4. The molecule has 2 aromatic heterocycles. The fourth-order valence-electron chi connectivity index (χ4n) is 4.84. The Morgan fingerprint density at radius 2 is 1.74 bits per heavy atom. The molecule has 11 heteroatoms. The third-order valence-corrected chi connectivity index (χ3v) is 7.29. The molecule has 0 radical (unpaired) electrons. The Labute approximate surface area is 222 Å². The Morgan fingerprint density at radius 3 is 2.44 bits per heavy atom. The molecule has 0 unspecified atom stereocenters. The summed E-state index contributed by atoms with van der Waals surface area (Å²) in [6.07, 6.45) is 10.9. The smallest absolute Gasteiger partial charge is 0.227 e. The van der Waals surface area contributed by atoms with Crippen LogP contribution in [0.1, 0.15) is 63.0 Å². The standard InChI is InChI=1S/C23H29Cl2N7.2ClH/c24-15-6-5-14(19(25)11-15)12-27-21-20-22(32(13-28-20)18-3-1-2-4-18)31-23(30-21)29-17-9-7-16(26)8-10-17;;/h5-6,11,13,16-18H,1-4,7-10,12,26H2,(H2,27,29,30,31);2*1H. The predicted molar refractivity (Wildman–Crippen MR) is 145 cm³/mol. The number of nitrogens with one attached hydrogen (secondary N) is 2. The topological polar surface area (TPSA) is 93.7 Å². The number of hydrogen-bond donors (Lipinski definition) is 3. The van der Waals surface area contributed by atoms with Gasteiger partial charge in [-0.05, 0) is 56.2 Å². The third-order valence-electron chi connectivity index (χ3n) is 6.71. The van der Waals surface area contributed by atoms with Crippen LogP contribution in [0, 0.1) is 0 Å². The lowest BCUT2D eigenvalue weighted by Crippen LogP contribution is -2.33. The Kier molecular flexibility index (Phi) is 9.52. The molecule has 2 aliphatic rings. The average Bonchev–Trinajstić information content (AvgIpc) is 3.44. The first-order valence-corrected chi connectivity index (χ1v) is 12.3. The predicted octanol–water partition coefficient (Wildman–Crippen LogP) is 6.39. The lowest BCUT2D eigenvalue weighted by molar-refractivity contribution is 0.410. The molecule has 0 saturated heterocycles. The summed E-state index contributed by atoms with van der Waals surface area (Å²) in [5.74, 6) is 1.36. The summed E-state index contributed by atoms with van der Waals surface area (Å²) in [5.41, 5.74) is 8.71. The van der Waals surface area contributed by atoms with Crippen molar-refractivity contribution in [3.63, 3.8) is 0 Å². The van der Waals surface area contributed by atoms with E-state index in [1.54, 1.807) is 6.07 Å². The van der Waals surface area contributed by atoms with E-state index in [4.69, 9.17) is 38.9 Å². The summed E-state index contributed by atoms with van der Waals surface area (Å²) < 4.78 is 2.23.